The second kappa shape index (κ2) is 3.23. The quantitative estimate of drug-likeness (QED) is 0.589. The third-order valence-electron chi connectivity index (χ3n) is 4.93. The van der Waals surface area contributed by atoms with Crippen LogP contribution in [0.3, 0.4) is 0 Å². The normalized spacial score (nSPS) is 48.4. The van der Waals surface area contributed by atoms with Gasteiger partial charge in [0, 0.05) is 0 Å². The molecule has 15 heavy (non-hydrogen) atoms. The first-order chi connectivity index (χ1) is 7.09. The molecule has 0 aromatic heterocycles. The van der Waals surface area contributed by atoms with Crippen LogP contribution in [0.4, 0.5) is 0 Å². The van der Waals surface area contributed by atoms with Crippen LogP contribution in [0.15, 0.2) is 0 Å². The summed E-state index contributed by atoms with van der Waals surface area (Å²) in [7, 11) is 0. The first-order valence-corrected chi connectivity index (χ1v) is 6.73. The van der Waals surface area contributed by atoms with Crippen molar-refractivity contribution < 1.29 is 4.74 Å². The molecule has 1 nitrogen and oxygen atoms in total. The molecule has 1 saturated heterocycles. The van der Waals surface area contributed by atoms with E-state index >= 15 is 0 Å². The van der Waals surface area contributed by atoms with Crippen molar-refractivity contribution in [2.75, 3.05) is 6.61 Å². The highest BCUT2D eigenvalue weighted by atomic mass is 16.5. The molecule has 3 fully saturated rings. The molecule has 0 N–H and O–H groups in total. The Balaban J connectivity index is 1.72. The van der Waals surface area contributed by atoms with Gasteiger partial charge in [0.25, 0.3) is 0 Å². The van der Waals surface area contributed by atoms with Gasteiger partial charge in [-0.15, -0.1) is 0 Å². The van der Waals surface area contributed by atoms with Crippen molar-refractivity contribution in [3.63, 3.8) is 0 Å². The second-order valence-electron chi connectivity index (χ2n) is 6.98. The van der Waals surface area contributed by atoms with Crippen LogP contribution in [0.5, 0.6) is 0 Å². The maximum atomic E-state index is 6.32. The molecule has 0 bridgehead atoms. The summed E-state index contributed by atoms with van der Waals surface area (Å²) in [5.41, 5.74) is 0.807. The van der Waals surface area contributed by atoms with Gasteiger partial charge in [0.05, 0.1) is 12.2 Å². The van der Waals surface area contributed by atoms with Crippen molar-refractivity contribution in [3.05, 3.63) is 0 Å². The molecule has 1 heteroatoms. The van der Waals surface area contributed by atoms with Crippen LogP contribution < -0.4 is 0 Å². The first-order valence-electron chi connectivity index (χ1n) is 6.73. The topological polar surface area (TPSA) is 9.23 Å². The standard InChI is InChI=1S/C14H24O/c1-13(2)5-3-6-14(10-13)7-4-11-8-12(11)9-15-14/h11-12H,3-10H2,1-2H3/t11-,12+,14-/m0/s1. The van der Waals surface area contributed by atoms with Gasteiger partial charge in [-0.25, -0.2) is 0 Å². The van der Waals surface area contributed by atoms with E-state index in [9.17, 15) is 0 Å². The molecule has 3 aliphatic rings. The lowest BCUT2D eigenvalue weighted by Crippen LogP contribution is -2.41. The molecule has 0 amide bonds. The fourth-order valence-corrected chi connectivity index (χ4v) is 3.95. The zero-order valence-electron chi connectivity index (χ0n) is 10.2. The summed E-state index contributed by atoms with van der Waals surface area (Å²) in [6.45, 7) is 5.91. The Morgan fingerprint density at radius 3 is 2.73 bits per heavy atom. The van der Waals surface area contributed by atoms with Crippen molar-refractivity contribution in [1.82, 2.24) is 0 Å². The van der Waals surface area contributed by atoms with Gasteiger partial charge in [-0.2, -0.15) is 0 Å². The van der Waals surface area contributed by atoms with Gasteiger partial charge in [0.15, 0.2) is 0 Å². The number of hydrogen-bond donors (Lipinski definition) is 0. The van der Waals surface area contributed by atoms with Crippen LogP contribution in [-0.2, 0) is 4.74 Å². The van der Waals surface area contributed by atoms with E-state index in [4.69, 9.17) is 4.74 Å². The maximum Gasteiger partial charge on any atom is 0.0687 e. The highest BCUT2D eigenvalue weighted by Crippen LogP contribution is 2.52. The molecule has 2 aliphatic carbocycles. The van der Waals surface area contributed by atoms with Crippen LogP contribution >= 0.6 is 0 Å². The Morgan fingerprint density at radius 2 is 1.93 bits per heavy atom. The summed E-state index contributed by atoms with van der Waals surface area (Å²) in [5, 5.41) is 0. The van der Waals surface area contributed by atoms with Gasteiger partial charge >= 0.3 is 0 Å². The van der Waals surface area contributed by atoms with E-state index in [0.717, 1.165) is 18.4 Å². The molecule has 1 heterocycles. The summed E-state index contributed by atoms with van der Waals surface area (Å²) < 4.78 is 6.32. The molecule has 0 radical (unpaired) electrons. The molecular weight excluding hydrogens is 184 g/mol. The van der Waals surface area contributed by atoms with Crippen molar-refractivity contribution in [2.24, 2.45) is 17.3 Å². The van der Waals surface area contributed by atoms with Gasteiger partial charge in [0.2, 0.25) is 0 Å². The van der Waals surface area contributed by atoms with Gasteiger partial charge in [0.1, 0.15) is 0 Å². The smallest absolute Gasteiger partial charge is 0.0687 e. The van der Waals surface area contributed by atoms with Crippen molar-refractivity contribution >= 4 is 0 Å². The average molecular weight is 208 g/mol. The lowest BCUT2D eigenvalue weighted by atomic mass is 9.68. The van der Waals surface area contributed by atoms with Crippen LogP contribution in [-0.4, -0.2) is 12.2 Å². The molecule has 3 rings (SSSR count). The number of rotatable bonds is 0. The van der Waals surface area contributed by atoms with E-state index in [1.54, 1.807) is 0 Å². The van der Waals surface area contributed by atoms with Gasteiger partial charge < -0.3 is 4.74 Å². The van der Waals surface area contributed by atoms with Gasteiger partial charge in [-0.3, -0.25) is 0 Å². The zero-order valence-corrected chi connectivity index (χ0v) is 10.2. The Bertz CT molecular complexity index is 244. The molecule has 0 aromatic carbocycles. The SMILES string of the molecule is CC1(C)CCC[C@]2(CC[C@H]3C[C@@H]3CO2)C1. The van der Waals surface area contributed by atoms with Crippen LogP contribution in [0, 0.1) is 17.3 Å². The average Bonchev–Trinajstić information content (AvgIpc) is 2.88. The van der Waals surface area contributed by atoms with E-state index in [1.807, 2.05) is 0 Å². The van der Waals surface area contributed by atoms with E-state index in [-0.39, 0.29) is 5.60 Å². The Labute approximate surface area is 93.6 Å². The van der Waals surface area contributed by atoms with Crippen molar-refractivity contribution in [1.29, 1.82) is 0 Å². The highest BCUT2D eigenvalue weighted by Gasteiger charge is 2.47. The molecule has 3 atom stereocenters. The third kappa shape index (κ3) is 1.95. The molecular formula is C14H24O. The number of fused-ring (bicyclic) bond motifs is 1. The number of ether oxygens (including phenoxy) is 1. The van der Waals surface area contributed by atoms with E-state index in [2.05, 4.69) is 13.8 Å². The Hall–Kier alpha value is -0.0400. The molecule has 1 aliphatic heterocycles. The summed E-state index contributed by atoms with van der Waals surface area (Å²) in [5.74, 6) is 1.98. The molecule has 1 spiro atoms. The number of hydrogen-bond acceptors (Lipinski definition) is 1. The minimum absolute atomic E-state index is 0.287. The molecule has 86 valence electrons. The summed E-state index contributed by atoms with van der Waals surface area (Å²) in [6.07, 6.45) is 9.65. The van der Waals surface area contributed by atoms with E-state index in [1.165, 1.54) is 44.9 Å². The highest BCUT2D eigenvalue weighted by molar-refractivity contribution is 4.98. The van der Waals surface area contributed by atoms with Crippen LogP contribution in [0.1, 0.15) is 58.8 Å². The summed E-state index contributed by atoms with van der Waals surface area (Å²) in [6, 6.07) is 0. The predicted molar refractivity (Wildman–Crippen MR) is 61.8 cm³/mol. The van der Waals surface area contributed by atoms with E-state index < -0.39 is 0 Å². The first kappa shape index (κ1) is 10.1. The second-order valence-corrected chi connectivity index (χ2v) is 6.98. The van der Waals surface area contributed by atoms with Gasteiger partial charge in [-0.1, -0.05) is 20.3 Å². The van der Waals surface area contributed by atoms with E-state index in [0.29, 0.717) is 5.41 Å². The Kier molecular flexibility index (Phi) is 2.18. The maximum absolute atomic E-state index is 6.32. The Morgan fingerprint density at radius 1 is 1.07 bits per heavy atom. The molecule has 2 saturated carbocycles. The lowest BCUT2D eigenvalue weighted by Gasteiger charge is -2.44. The largest absolute Gasteiger partial charge is 0.375 e. The fraction of sp³-hybridized carbons (Fsp3) is 1.00. The summed E-state index contributed by atoms with van der Waals surface area (Å²) in [4.78, 5) is 0. The monoisotopic (exact) mass is 208 g/mol. The van der Waals surface area contributed by atoms with Crippen LogP contribution in [0.2, 0.25) is 0 Å². The lowest BCUT2D eigenvalue weighted by molar-refractivity contribution is -0.101. The fourth-order valence-electron chi connectivity index (χ4n) is 3.95. The minimum atomic E-state index is 0.287. The van der Waals surface area contributed by atoms with Crippen LogP contribution in [0.25, 0.3) is 0 Å². The van der Waals surface area contributed by atoms with Gasteiger partial charge in [-0.05, 0) is 55.8 Å². The predicted octanol–water partition coefficient (Wildman–Crippen LogP) is 3.77. The molecule has 0 aromatic rings. The van der Waals surface area contributed by atoms with Crippen molar-refractivity contribution in [2.45, 2.75) is 64.4 Å². The zero-order chi connectivity index (χ0) is 10.5. The third-order valence-corrected chi connectivity index (χ3v) is 4.93. The molecule has 0 unspecified atom stereocenters. The van der Waals surface area contributed by atoms with Crippen molar-refractivity contribution in [3.8, 4) is 0 Å². The summed E-state index contributed by atoms with van der Waals surface area (Å²) >= 11 is 0. The minimum Gasteiger partial charge on any atom is -0.375 e.